The Hall–Kier alpha value is -1.36. The molecule has 0 aliphatic carbocycles. The van der Waals surface area contributed by atoms with E-state index in [4.69, 9.17) is 5.73 Å². The monoisotopic (exact) mass is 252 g/mol. The topological polar surface area (TPSA) is 56.7 Å². The zero-order valence-electron chi connectivity index (χ0n) is 7.39. The van der Waals surface area contributed by atoms with Crippen LogP contribution in [0.1, 0.15) is 5.56 Å². The van der Waals surface area contributed by atoms with Gasteiger partial charge in [-0.25, -0.2) is 9.67 Å². The minimum Gasteiger partial charge on any atom is -0.367 e. The van der Waals surface area contributed by atoms with E-state index in [0.29, 0.717) is 12.5 Å². The molecule has 0 spiro atoms. The van der Waals surface area contributed by atoms with Crippen LogP contribution in [-0.2, 0) is 6.54 Å². The first-order valence-electron chi connectivity index (χ1n) is 4.13. The summed E-state index contributed by atoms with van der Waals surface area (Å²) in [5, 5.41) is 4.00. The second-order valence-electron chi connectivity index (χ2n) is 2.93. The number of hydrogen-bond donors (Lipinski definition) is 1. The molecule has 2 N–H and O–H groups in total. The van der Waals surface area contributed by atoms with E-state index in [1.54, 1.807) is 11.0 Å². The van der Waals surface area contributed by atoms with Crippen LogP contribution in [-0.4, -0.2) is 14.8 Å². The molecule has 4 nitrogen and oxygen atoms in total. The Balaban J connectivity index is 2.18. The van der Waals surface area contributed by atoms with E-state index >= 15 is 0 Å². The van der Waals surface area contributed by atoms with Gasteiger partial charge in [0.25, 0.3) is 0 Å². The maximum Gasteiger partial charge on any atom is 0.239 e. The Morgan fingerprint density at radius 1 is 1.43 bits per heavy atom. The molecule has 0 atom stereocenters. The van der Waals surface area contributed by atoms with Crippen molar-refractivity contribution in [2.75, 3.05) is 5.73 Å². The van der Waals surface area contributed by atoms with Crippen molar-refractivity contribution in [3.05, 3.63) is 40.6 Å². The van der Waals surface area contributed by atoms with Crippen molar-refractivity contribution in [3.63, 3.8) is 0 Å². The lowest BCUT2D eigenvalue weighted by Crippen LogP contribution is -2.00. The summed E-state index contributed by atoms with van der Waals surface area (Å²) in [7, 11) is 0. The van der Waals surface area contributed by atoms with Crippen LogP contribution in [0.3, 0.4) is 0 Å². The van der Waals surface area contributed by atoms with Gasteiger partial charge in [-0.05, 0) is 17.7 Å². The average Bonchev–Trinajstić information content (AvgIpc) is 2.51. The molecule has 14 heavy (non-hydrogen) atoms. The highest BCUT2D eigenvalue weighted by Gasteiger charge is 1.98. The van der Waals surface area contributed by atoms with Gasteiger partial charge >= 0.3 is 0 Å². The molecule has 0 unspecified atom stereocenters. The van der Waals surface area contributed by atoms with Crippen molar-refractivity contribution >= 4 is 21.9 Å². The predicted octanol–water partition coefficient (Wildman–Crippen LogP) is 1.67. The number of benzene rings is 1. The predicted molar refractivity (Wildman–Crippen MR) is 57.7 cm³/mol. The van der Waals surface area contributed by atoms with E-state index in [9.17, 15) is 0 Å². The van der Waals surface area contributed by atoms with Crippen molar-refractivity contribution in [3.8, 4) is 0 Å². The molecule has 72 valence electrons. The average molecular weight is 253 g/mol. The van der Waals surface area contributed by atoms with E-state index in [-0.39, 0.29) is 0 Å². The van der Waals surface area contributed by atoms with Gasteiger partial charge in [0.15, 0.2) is 0 Å². The number of nitrogens with zero attached hydrogens (tertiary/aromatic N) is 3. The number of nitrogens with two attached hydrogens (primary N) is 1. The van der Waals surface area contributed by atoms with Crippen LogP contribution in [0.2, 0.25) is 0 Å². The molecule has 0 aliphatic heterocycles. The zero-order chi connectivity index (χ0) is 9.97. The smallest absolute Gasteiger partial charge is 0.239 e. The fraction of sp³-hybridized carbons (Fsp3) is 0.111. The minimum atomic E-state index is 0.306. The maximum atomic E-state index is 5.41. The summed E-state index contributed by atoms with van der Waals surface area (Å²) in [4.78, 5) is 3.85. The lowest BCUT2D eigenvalue weighted by molar-refractivity contribution is 0.687. The number of nitrogen functional groups attached to an aromatic ring is 1. The highest BCUT2D eigenvalue weighted by molar-refractivity contribution is 9.10. The van der Waals surface area contributed by atoms with E-state index in [1.807, 2.05) is 24.3 Å². The summed E-state index contributed by atoms with van der Waals surface area (Å²) in [5.41, 5.74) is 6.57. The fourth-order valence-electron chi connectivity index (χ4n) is 1.21. The molecule has 1 aromatic carbocycles. The second kappa shape index (κ2) is 3.79. The molecule has 0 radical (unpaired) electrons. The molecule has 1 aromatic heterocycles. The molecular formula is C9H9BrN4. The Morgan fingerprint density at radius 3 is 2.93 bits per heavy atom. The quantitative estimate of drug-likeness (QED) is 0.885. The first-order valence-corrected chi connectivity index (χ1v) is 4.93. The summed E-state index contributed by atoms with van der Waals surface area (Å²) in [6, 6.07) is 8.04. The van der Waals surface area contributed by atoms with E-state index < -0.39 is 0 Å². The Morgan fingerprint density at radius 2 is 2.29 bits per heavy atom. The second-order valence-corrected chi connectivity index (χ2v) is 3.85. The molecule has 2 aromatic rings. The lowest BCUT2D eigenvalue weighted by atomic mass is 10.2. The van der Waals surface area contributed by atoms with Gasteiger partial charge in [-0.1, -0.05) is 28.1 Å². The standard InChI is InChI=1S/C9H9BrN4/c10-8-3-1-2-7(4-8)5-14-6-12-9(11)13-14/h1-4,6H,5H2,(H2,11,13). The van der Waals surface area contributed by atoms with Crippen molar-refractivity contribution in [2.24, 2.45) is 0 Å². The van der Waals surface area contributed by atoms with Crippen LogP contribution in [0.4, 0.5) is 5.95 Å². The first kappa shape index (κ1) is 9.21. The Bertz CT molecular complexity index is 438. The van der Waals surface area contributed by atoms with Gasteiger partial charge in [-0.15, -0.1) is 5.10 Å². The highest BCUT2D eigenvalue weighted by atomic mass is 79.9. The number of anilines is 1. The largest absolute Gasteiger partial charge is 0.367 e. The third kappa shape index (κ3) is 2.11. The van der Waals surface area contributed by atoms with Gasteiger partial charge in [-0.3, -0.25) is 0 Å². The van der Waals surface area contributed by atoms with Crippen LogP contribution in [0.25, 0.3) is 0 Å². The molecule has 0 saturated carbocycles. The molecule has 2 rings (SSSR count). The minimum absolute atomic E-state index is 0.306. The van der Waals surface area contributed by atoms with Crippen molar-refractivity contribution in [1.82, 2.24) is 14.8 Å². The van der Waals surface area contributed by atoms with Gasteiger partial charge in [0, 0.05) is 4.47 Å². The van der Waals surface area contributed by atoms with E-state index in [1.165, 1.54) is 0 Å². The van der Waals surface area contributed by atoms with Crippen molar-refractivity contribution in [1.29, 1.82) is 0 Å². The van der Waals surface area contributed by atoms with Crippen LogP contribution in [0.5, 0.6) is 0 Å². The normalized spacial score (nSPS) is 10.4. The van der Waals surface area contributed by atoms with Gasteiger partial charge < -0.3 is 5.73 Å². The lowest BCUT2D eigenvalue weighted by Gasteiger charge is -2.00. The van der Waals surface area contributed by atoms with Gasteiger partial charge in [0.05, 0.1) is 6.54 Å². The first-order chi connectivity index (χ1) is 6.74. The molecule has 1 heterocycles. The number of aromatic nitrogens is 3. The highest BCUT2D eigenvalue weighted by Crippen LogP contribution is 2.12. The van der Waals surface area contributed by atoms with Gasteiger partial charge in [0.2, 0.25) is 5.95 Å². The number of halogens is 1. The molecular weight excluding hydrogens is 244 g/mol. The third-order valence-corrected chi connectivity index (χ3v) is 2.28. The fourth-order valence-corrected chi connectivity index (χ4v) is 1.65. The van der Waals surface area contributed by atoms with Gasteiger partial charge in [-0.2, -0.15) is 0 Å². The molecule has 0 fully saturated rings. The molecule has 0 aliphatic rings. The van der Waals surface area contributed by atoms with E-state index in [0.717, 1.165) is 10.0 Å². The summed E-state index contributed by atoms with van der Waals surface area (Å²) in [6.07, 6.45) is 1.62. The summed E-state index contributed by atoms with van der Waals surface area (Å²) < 4.78 is 2.76. The number of hydrogen-bond acceptors (Lipinski definition) is 3. The van der Waals surface area contributed by atoms with E-state index in [2.05, 4.69) is 26.0 Å². The summed E-state index contributed by atoms with van der Waals surface area (Å²) >= 11 is 3.41. The van der Waals surface area contributed by atoms with Crippen molar-refractivity contribution in [2.45, 2.75) is 6.54 Å². The molecule has 0 bridgehead atoms. The summed E-state index contributed by atoms with van der Waals surface area (Å²) in [5.74, 6) is 0.306. The van der Waals surface area contributed by atoms with Crippen molar-refractivity contribution < 1.29 is 0 Å². The Kier molecular flexibility index (Phi) is 2.49. The summed E-state index contributed by atoms with van der Waals surface area (Å²) in [6.45, 7) is 0.684. The van der Waals surface area contributed by atoms with Gasteiger partial charge in [0.1, 0.15) is 6.33 Å². The molecule has 0 amide bonds. The maximum absolute atomic E-state index is 5.41. The van der Waals surface area contributed by atoms with Crippen LogP contribution in [0.15, 0.2) is 35.1 Å². The molecule has 5 heteroatoms. The Labute approximate surface area is 89.9 Å². The van der Waals surface area contributed by atoms with Crippen LogP contribution < -0.4 is 5.73 Å². The third-order valence-electron chi connectivity index (χ3n) is 1.79. The SMILES string of the molecule is Nc1ncn(Cc2cccc(Br)c2)n1. The molecule has 0 saturated heterocycles. The van der Waals surface area contributed by atoms with Crippen LogP contribution in [0, 0.1) is 0 Å². The van der Waals surface area contributed by atoms with Crippen LogP contribution >= 0.6 is 15.9 Å². The number of rotatable bonds is 2. The zero-order valence-corrected chi connectivity index (χ0v) is 8.98.